The van der Waals surface area contributed by atoms with Gasteiger partial charge in [-0.15, -0.1) is 0 Å². The van der Waals surface area contributed by atoms with E-state index in [-0.39, 0.29) is 5.91 Å². The zero-order valence-corrected chi connectivity index (χ0v) is 11.8. The average molecular weight is 269 g/mol. The number of carbonyl (C=O) groups is 1. The van der Waals surface area contributed by atoms with Crippen LogP contribution in [0.15, 0.2) is 18.2 Å². The van der Waals surface area contributed by atoms with Crippen LogP contribution in [0.5, 0.6) is 0 Å². The van der Waals surface area contributed by atoms with Crippen molar-refractivity contribution in [3.63, 3.8) is 0 Å². The standard InChI is InChI=1S/C14H21ClN2O/c1-3-11(9-16)4-7-14(18)17-13-6-5-12(15)8-10(13)2/h5-6,8,11H,3-4,7,9,16H2,1-2H3,(H,17,18). The number of rotatable bonds is 6. The molecule has 0 heterocycles. The van der Waals surface area contributed by atoms with Gasteiger partial charge in [0.25, 0.3) is 0 Å². The van der Waals surface area contributed by atoms with Crippen molar-refractivity contribution in [3.05, 3.63) is 28.8 Å². The number of hydrogen-bond acceptors (Lipinski definition) is 2. The van der Waals surface area contributed by atoms with Gasteiger partial charge in [0.15, 0.2) is 0 Å². The number of hydrogen-bond donors (Lipinski definition) is 2. The minimum absolute atomic E-state index is 0.0346. The number of nitrogens with two attached hydrogens (primary N) is 1. The summed E-state index contributed by atoms with van der Waals surface area (Å²) in [6.07, 6.45) is 2.37. The molecular formula is C14H21ClN2O. The first-order valence-electron chi connectivity index (χ1n) is 6.32. The lowest BCUT2D eigenvalue weighted by molar-refractivity contribution is -0.116. The average Bonchev–Trinajstić information content (AvgIpc) is 2.34. The first kappa shape index (κ1) is 15.0. The summed E-state index contributed by atoms with van der Waals surface area (Å²) in [5.41, 5.74) is 7.41. The van der Waals surface area contributed by atoms with Crippen LogP contribution in [0, 0.1) is 12.8 Å². The minimum Gasteiger partial charge on any atom is -0.330 e. The van der Waals surface area contributed by atoms with Crippen LogP contribution in [0.2, 0.25) is 5.02 Å². The van der Waals surface area contributed by atoms with Crippen molar-refractivity contribution in [2.24, 2.45) is 11.7 Å². The van der Waals surface area contributed by atoms with Crippen LogP contribution in [0.25, 0.3) is 0 Å². The fourth-order valence-electron chi connectivity index (χ4n) is 1.80. The molecule has 0 bridgehead atoms. The number of amides is 1. The van der Waals surface area contributed by atoms with E-state index in [2.05, 4.69) is 12.2 Å². The van der Waals surface area contributed by atoms with E-state index in [4.69, 9.17) is 17.3 Å². The second kappa shape index (κ2) is 7.39. The molecule has 1 amide bonds. The van der Waals surface area contributed by atoms with Gasteiger partial charge in [-0.1, -0.05) is 24.9 Å². The van der Waals surface area contributed by atoms with Crippen LogP contribution < -0.4 is 11.1 Å². The largest absolute Gasteiger partial charge is 0.330 e. The summed E-state index contributed by atoms with van der Waals surface area (Å²) >= 11 is 5.87. The van der Waals surface area contributed by atoms with Crippen LogP contribution in [0.4, 0.5) is 5.69 Å². The summed E-state index contributed by atoms with van der Waals surface area (Å²) in [6, 6.07) is 5.45. The van der Waals surface area contributed by atoms with E-state index in [0.717, 1.165) is 24.1 Å². The van der Waals surface area contributed by atoms with Gasteiger partial charge >= 0.3 is 0 Å². The molecule has 1 aromatic rings. The van der Waals surface area contributed by atoms with Gasteiger partial charge in [0.1, 0.15) is 0 Å². The topological polar surface area (TPSA) is 55.1 Å². The lowest BCUT2D eigenvalue weighted by atomic mass is 10.0. The number of anilines is 1. The van der Waals surface area contributed by atoms with Gasteiger partial charge in [-0.3, -0.25) is 4.79 Å². The van der Waals surface area contributed by atoms with E-state index >= 15 is 0 Å². The summed E-state index contributed by atoms with van der Waals surface area (Å²) < 4.78 is 0. The molecule has 4 heteroatoms. The van der Waals surface area contributed by atoms with Crippen LogP contribution in [-0.2, 0) is 4.79 Å². The molecule has 0 saturated heterocycles. The second-order valence-electron chi connectivity index (χ2n) is 4.56. The Bertz CT molecular complexity index is 403. The molecular weight excluding hydrogens is 248 g/mol. The fraction of sp³-hybridized carbons (Fsp3) is 0.500. The van der Waals surface area contributed by atoms with Crippen molar-refractivity contribution < 1.29 is 4.79 Å². The molecule has 3 N–H and O–H groups in total. The lowest BCUT2D eigenvalue weighted by Crippen LogP contribution is -2.18. The normalized spacial score (nSPS) is 12.2. The first-order chi connectivity index (χ1) is 8.56. The van der Waals surface area contributed by atoms with Gasteiger partial charge in [-0.25, -0.2) is 0 Å². The van der Waals surface area contributed by atoms with Crippen molar-refractivity contribution >= 4 is 23.2 Å². The zero-order valence-electron chi connectivity index (χ0n) is 11.0. The molecule has 1 unspecified atom stereocenters. The molecule has 0 aromatic heterocycles. The summed E-state index contributed by atoms with van der Waals surface area (Å²) in [7, 11) is 0. The molecule has 0 aliphatic carbocycles. The van der Waals surface area contributed by atoms with Crippen molar-refractivity contribution in [2.75, 3.05) is 11.9 Å². The Hall–Kier alpha value is -1.06. The molecule has 0 radical (unpaired) electrons. The Morgan fingerprint density at radius 3 is 2.78 bits per heavy atom. The first-order valence-corrected chi connectivity index (χ1v) is 6.70. The molecule has 1 rings (SSSR count). The van der Waals surface area contributed by atoms with Crippen molar-refractivity contribution in [1.82, 2.24) is 0 Å². The Labute approximate surface area is 114 Å². The van der Waals surface area contributed by atoms with Gasteiger partial charge in [-0.05, 0) is 49.6 Å². The third-order valence-corrected chi connectivity index (χ3v) is 3.39. The monoisotopic (exact) mass is 268 g/mol. The Kier molecular flexibility index (Phi) is 6.16. The Morgan fingerprint density at radius 1 is 1.50 bits per heavy atom. The van der Waals surface area contributed by atoms with E-state index in [1.807, 2.05) is 19.1 Å². The maximum atomic E-state index is 11.8. The van der Waals surface area contributed by atoms with E-state index in [1.54, 1.807) is 6.07 Å². The fourth-order valence-corrected chi connectivity index (χ4v) is 2.03. The van der Waals surface area contributed by atoms with Gasteiger partial charge < -0.3 is 11.1 Å². The van der Waals surface area contributed by atoms with E-state index in [0.29, 0.717) is 23.9 Å². The van der Waals surface area contributed by atoms with Crippen molar-refractivity contribution in [1.29, 1.82) is 0 Å². The maximum absolute atomic E-state index is 11.8. The number of benzene rings is 1. The number of carbonyl (C=O) groups excluding carboxylic acids is 1. The van der Waals surface area contributed by atoms with E-state index < -0.39 is 0 Å². The highest BCUT2D eigenvalue weighted by Gasteiger charge is 2.09. The molecule has 0 fully saturated rings. The summed E-state index contributed by atoms with van der Waals surface area (Å²) in [6.45, 7) is 4.67. The summed E-state index contributed by atoms with van der Waals surface area (Å²) in [5, 5.41) is 3.58. The molecule has 0 aliphatic heterocycles. The second-order valence-corrected chi connectivity index (χ2v) is 4.99. The van der Waals surface area contributed by atoms with Gasteiger partial charge in [0.05, 0.1) is 0 Å². The van der Waals surface area contributed by atoms with E-state index in [9.17, 15) is 4.79 Å². The van der Waals surface area contributed by atoms with Crippen LogP contribution in [0.1, 0.15) is 31.7 Å². The molecule has 100 valence electrons. The SMILES string of the molecule is CCC(CN)CCC(=O)Nc1ccc(Cl)cc1C. The van der Waals surface area contributed by atoms with Gasteiger partial charge in [0.2, 0.25) is 5.91 Å². The summed E-state index contributed by atoms with van der Waals surface area (Å²) in [4.78, 5) is 11.8. The maximum Gasteiger partial charge on any atom is 0.224 e. The smallest absolute Gasteiger partial charge is 0.224 e. The predicted molar refractivity (Wildman–Crippen MR) is 76.9 cm³/mol. The minimum atomic E-state index is 0.0346. The predicted octanol–water partition coefficient (Wildman–Crippen LogP) is 3.35. The van der Waals surface area contributed by atoms with E-state index in [1.165, 1.54) is 0 Å². The quantitative estimate of drug-likeness (QED) is 0.831. The summed E-state index contributed by atoms with van der Waals surface area (Å²) in [5.74, 6) is 0.467. The number of aryl methyl sites for hydroxylation is 1. The molecule has 0 spiro atoms. The Balaban J connectivity index is 2.49. The van der Waals surface area contributed by atoms with Gasteiger partial charge in [0, 0.05) is 17.1 Å². The lowest BCUT2D eigenvalue weighted by Gasteiger charge is -2.12. The number of nitrogens with one attached hydrogen (secondary N) is 1. The highest BCUT2D eigenvalue weighted by atomic mass is 35.5. The molecule has 1 aromatic carbocycles. The number of halogens is 1. The third-order valence-electron chi connectivity index (χ3n) is 3.15. The molecule has 0 saturated carbocycles. The molecule has 18 heavy (non-hydrogen) atoms. The molecule has 0 aliphatic rings. The van der Waals surface area contributed by atoms with Crippen molar-refractivity contribution in [3.8, 4) is 0 Å². The highest BCUT2D eigenvalue weighted by molar-refractivity contribution is 6.30. The Morgan fingerprint density at radius 2 is 2.22 bits per heavy atom. The van der Waals surface area contributed by atoms with Crippen LogP contribution in [0.3, 0.4) is 0 Å². The zero-order chi connectivity index (χ0) is 13.5. The molecule has 3 nitrogen and oxygen atoms in total. The molecule has 1 atom stereocenters. The third kappa shape index (κ3) is 4.67. The van der Waals surface area contributed by atoms with Gasteiger partial charge in [-0.2, -0.15) is 0 Å². The van der Waals surface area contributed by atoms with Crippen LogP contribution >= 0.6 is 11.6 Å². The van der Waals surface area contributed by atoms with Crippen LogP contribution in [-0.4, -0.2) is 12.5 Å². The van der Waals surface area contributed by atoms with Crippen molar-refractivity contribution in [2.45, 2.75) is 33.1 Å². The highest BCUT2D eigenvalue weighted by Crippen LogP contribution is 2.20.